The van der Waals surface area contributed by atoms with Gasteiger partial charge >= 0.3 is 0 Å². The number of hydrogen-bond donors (Lipinski definition) is 2. The van der Waals surface area contributed by atoms with Crippen molar-refractivity contribution in [3.05, 3.63) is 84.4 Å². The number of nitrogens with one attached hydrogen (secondary N) is 2. The number of anilines is 2. The van der Waals surface area contributed by atoms with Crippen molar-refractivity contribution in [2.24, 2.45) is 0 Å². The molecule has 3 aromatic rings. The Balaban J connectivity index is 1.27. The fraction of sp³-hybridized carbons (Fsp3) is 0.269. The molecule has 0 saturated carbocycles. The first kappa shape index (κ1) is 21.7. The fourth-order valence-corrected chi connectivity index (χ4v) is 3.48. The Morgan fingerprint density at radius 2 is 1.81 bits per heavy atom. The Bertz CT molecular complexity index is 1000. The lowest BCUT2D eigenvalue weighted by atomic mass is 10.2. The molecule has 0 spiro atoms. The summed E-state index contributed by atoms with van der Waals surface area (Å²) in [6, 6.07) is 25.0. The average molecular weight is 433 g/mol. The summed E-state index contributed by atoms with van der Waals surface area (Å²) in [5, 5.41) is 6.07. The van der Waals surface area contributed by atoms with Crippen LogP contribution in [0.3, 0.4) is 0 Å². The Morgan fingerprint density at radius 1 is 0.969 bits per heavy atom. The third-order valence-electron chi connectivity index (χ3n) is 5.14. The number of carbonyl (C=O) groups excluding carboxylic acids is 1. The molecule has 0 radical (unpaired) electrons. The lowest BCUT2D eigenvalue weighted by Gasteiger charge is -2.15. The summed E-state index contributed by atoms with van der Waals surface area (Å²) in [5.74, 6) is 1.26. The molecule has 0 aliphatic carbocycles. The Morgan fingerprint density at radius 3 is 2.66 bits per heavy atom. The predicted molar refractivity (Wildman–Crippen MR) is 125 cm³/mol. The molecule has 0 aromatic heterocycles. The first-order valence-electron chi connectivity index (χ1n) is 10.9. The van der Waals surface area contributed by atoms with Crippen LogP contribution in [0.4, 0.5) is 11.4 Å². The van der Waals surface area contributed by atoms with Crippen LogP contribution in [0.5, 0.6) is 11.5 Å². The zero-order chi connectivity index (χ0) is 22.0. The molecule has 1 aliphatic rings. The molecule has 2 N–H and O–H groups in total. The fourth-order valence-electron chi connectivity index (χ4n) is 3.48. The van der Waals surface area contributed by atoms with Crippen molar-refractivity contribution in [2.45, 2.75) is 25.6 Å². The second-order valence-corrected chi connectivity index (χ2v) is 7.65. The van der Waals surface area contributed by atoms with Gasteiger partial charge in [0.15, 0.2) is 0 Å². The molecule has 1 aliphatic heterocycles. The maximum Gasteiger partial charge on any atom is 0.243 e. The second kappa shape index (κ2) is 11.2. The van der Waals surface area contributed by atoms with Gasteiger partial charge in [-0.05, 0) is 42.7 Å². The van der Waals surface area contributed by atoms with Gasteiger partial charge in [-0.2, -0.15) is 0 Å². The van der Waals surface area contributed by atoms with E-state index in [0.717, 1.165) is 30.7 Å². The molecular formula is C26H28N2O4. The number of rotatable bonds is 10. The summed E-state index contributed by atoms with van der Waals surface area (Å²) in [7, 11) is 0. The average Bonchev–Trinajstić information content (AvgIpc) is 3.35. The standard InChI is InChI=1S/C26H28N2O4/c29-26(17-27-24-13-4-5-14-25(24)32-19-23-12-7-15-30-23)28-21-10-6-11-22(16-21)31-18-20-8-2-1-3-9-20/h1-6,8-11,13-14,16,23,27H,7,12,15,17-19H2,(H,28,29). The maximum atomic E-state index is 12.5. The highest BCUT2D eigenvalue weighted by atomic mass is 16.5. The lowest BCUT2D eigenvalue weighted by Crippen LogP contribution is -2.22. The van der Waals surface area contributed by atoms with E-state index >= 15 is 0 Å². The van der Waals surface area contributed by atoms with Crippen LogP contribution in [-0.2, 0) is 16.1 Å². The summed E-state index contributed by atoms with van der Waals surface area (Å²) < 4.78 is 17.4. The van der Waals surface area contributed by atoms with E-state index in [1.807, 2.05) is 78.9 Å². The normalized spacial score (nSPS) is 15.2. The minimum atomic E-state index is -0.154. The van der Waals surface area contributed by atoms with Gasteiger partial charge in [-0.3, -0.25) is 4.79 Å². The number of ether oxygens (including phenoxy) is 3. The highest BCUT2D eigenvalue weighted by molar-refractivity contribution is 5.94. The van der Waals surface area contributed by atoms with Gasteiger partial charge in [0.25, 0.3) is 0 Å². The highest BCUT2D eigenvalue weighted by Crippen LogP contribution is 2.25. The van der Waals surface area contributed by atoms with E-state index in [2.05, 4.69) is 10.6 Å². The van der Waals surface area contributed by atoms with Crippen molar-refractivity contribution in [1.29, 1.82) is 0 Å². The van der Waals surface area contributed by atoms with E-state index in [-0.39, 0.29) is 18.6 Å². The summed E-state index contributed by atoms with van der Waals surface area (Å²) in [4.78, 5) is 12.5. The third kappa shape index (κ3) is 6.49. The van der Waals surface area contributed by atoms with Crippen molar-refractivity contribution in [1.82, 2.24) is 0 Å². The van der Waals surface area contributed by atoms with Crippen LogP contribution in [0.25, 0.3) is 0 Å². The van der Waals surface area contributed by atoms with Gasteiger partial charge in [0, 0.05) is 18.4 Å². The molecule has 166 valence electrons. The van der Waals surface area contributed by atoms with Gasteiger partial charge in [0.05, 0.1) is 18.3 Å². The van der Waals surface area contributed by atoms with Gasteiger partial charge in [-0.15, -0.1) is 0 Å². The summed E-state index contributed by atoms with van der Waals surface area (Å²) >= 11 is 0. The van der Waals surface area contributed by atoms with Crippen molar-refractivity contribution in [2.75, 3.05) is 30.4 Å². The zero-order valence-electron chi connectivity index (χ0n) is 18.0. The van der Waals surface area contributed by atoms with Gasteiger partial charge in [-0.25, -0.2) is 0 Å². The summed E-state index contributed by atoms with van der Waals surface area (Å²) in [6.45, 7) is 1.91. The number of para-hydroxylation sites is 2. The van der Waals surface area contributed by atoms with Crippen molar-refractivity contribution < 1.29 is 19.0 Å². The summed E-state index contributed by atoms with van der Waals surface area (Å²) in [6.07, 6.45) is 2.24. The second-order valence-electron chi connectivity index (χ2n) is 7.65. The van der Waals surface area contributed by atoms with E-state index in [1.54, 1.807) is 0 Å². The van der Waals surface area contributed by atoms with Gasteiger partial charge in [0.2, 0.25) is 5.91 Å². The van der Waals surface area contributed by atoms with E-state index in [4.69, 9.17) is 14.2 Å². The SMILES string of the molecule is O=C(CNc1ccccc1OCC1CCCO1)Nc1cccc(OCc2ccccc2)c1. The molecule has 3 aromatic carbocycles. The maximum absolute atomic E-state index is 12.5. The molecular weight excluding hydrogens is 404 g/mol. The molecule has 4 rings (SSSR count). The molecule has 1 fully saturated rings. The molecule has 1 unspecified atom stereocenters. The monoisotopic (exact) mass is 432 g/mol. The Hall–Kier alpha value is -3.51. The van der Waals surface area contributed by atoms with E-state index in [1.165, 1.54) is 0 Å². The van der Waals surface area contributed by atoms with Gasteiger partial charge in [-0.1, -0.05) is 48.5 Å². The van der Waals surface area contributed by atoms with E-state index in [0.29, 0.717) is 30.4 Å². The molecule has 32 heavy (non-hydrogen) atoms. The smallest absolute Gasteiger partial charge is 0.243 e. The van der Waals surface area contributed by atoms with Crippen molar-refractivity contribution >= 4 is 17.3 Å². The van der Waals surface area contributed by atoms with Crippen molar-refractivity contribution in [3.63, 3.8) is 0 Å². The van der Waals surface area contributed by atoms with Crippen LogP contribution < -0.4 is 20.1 Å². The molecule has 6 heteroatoms. The number of amides is 1. The molecule has 1 amide bonds. The van der Waals surface area contributed by atoms with Crippen LogP contribution in [0.2, 0.25) is 0 Å². The molecule has 6 nitrogen and oxygen atoms in total. The predicted octanol–water partition coefficient (Wildman–Crippen LogP) is 4.87. The lowest BCUT2D eigenvalue weighted by molar-refractivity contribution is -0.114. The van der Waals surface area contributed by atoms with Gasteiger partial charge < -0.3 is 24.8 Å². The Kier molecular flexibility index (Phi) is 7.60. The zero-order valence-corrected chi connectivity index (χ0v) is 18.0. The van der Waals surface area contributed by atoms with Crippen molar-refractivity contribution in [3.8, 4) is 11.5 Å². The van der Waals surface area contributed by atoms with Crippen LogP contribution in [-0.4, -0.2) is 31.8 Å². The van der Waals surface area contributed by atoms with E-state index < -0.39 is 0 Å². The Labute approximate surface area is 188 Å². The molecule has 1 heterocycles. The minimum Gasteiger partial charge on any atom is -0.489 e. The largest absolute Gasteiger partial charge is 0.489 e. The first-order valence-corrected chi connectivity index (χ1v) is 10.9. The van der Waals surface area contributed by atoms with Crippen LogP contribution in [0.1, 0.15) is 18.4 Å². The van der Waals surface area contributed by atoms with Crippen LogP contribution in [0.15, 0.2) is 78.9 Å². The highest BCUT2D eigenvalue weighted by Gasteiger charge is 2.17. The minimum absolute atomic E-state index is 0.120. The topological polar surface area (TPSA) is 68.8 Å². The quantitative estimate of drug-likeness (QED) is 0.478. The van der Waals surface area contributed by atoms with Crippen LogP contribution >= 0.6 is 0 Å². The van der Waals surface area contributed by atoms with Gasteiger partial charge in [0.1, 0.15) is 24.7 Å². The number of benzene rings is 3. The summed E-state index contributed by atoms with van der Waals surface area (Å²) in [5.41, 5.74) is 2.55. The van der Waals surface area contributed by atoms with E-state index in [9.17, 15) is 4.79 Å². The van der Waals surface area contributed by atoms with Crippen LogP contribution in [0, 0.1) is 0 Å². The molecule has 1 atom stereocenters. The molecule has 1 saturated heterocycles. The third-order valence-corrected chi connectivity index (χ3v) is 5.14. The first-order chi connectivity index (χ1) is 15.8. The number of hydrogen-bond acceptors (Lipinski definition) is 5. The number of carbonyl (C=O) groups is 1. The molecule has 0 bridgehead atoms.